The molecule has 8 nitrogen and oxygen atoms in total. The van der Waals surface area contributed by atoms with Crippen LogP contribution in [0.4, 0.5) is 23.2 Å². The number of hydrogen-bond acceptors (Lipinski definition) is 4. The molecular weight excluding hydrogens is 566 g/mol. The van der Waals surface area contributed by atoms with E-state index in [0.29, 0.717) is 30.4 Å². The number of carbonyl (C=O) groups is 3. The van der Waals surface area contributed by atoms with Crippen molar-refractivity contribution < 1.29 is 31.9 Å². The average Bonchev–Trinajstić information content (AvgIpc) is 3.91. The van der Waals surface area contributed by atoms with Crippen molar-refractivity contribution in [2.24, 2.45) is 17.8 Å². The van der Waals surface area contributed by atoms with E-state index in [1.54, 1.807) is 10.7 Å². The topological polar surface area (TPSA) is 96.3 Å². The van der Waals surface area contributed by atoms with Gasteiger partial charge in [-0.3, -0.25) is 19.1 Å². The summed E-state index contributed by atoms with van der Waals surface area (Å²) < 4.78 is 57.7. The van der Waals surface area contributed by atoms with E-state index in [0.717, 1.165) is 36.6 Å². The van der Waals surface area contributed by atoms with Gasteiger partial charge in [0.05, 0.1) is 11.6 Å². The van der Waals surface area contributed by atoms with E-state index < -0.39 is 47.7 Å². The maximum atomic E-state index is 15.4. The third kappa shape index (κ3) is 6.88. The molecule has 0 radical (unpaired) electrons. The molecule has 0 bridgehead atoms. The highest BCUT2D eigenvalue weighted by Crippen LogP contribution is 2.51. The second-order valence-electron chi connectivity index (χ2n) is 12.5. The van der Waals surface area contributed by atoms with E-state index in [1.807, 2.05) is 13.8 Å². The van der Waals surface area contributed by atoms with Crippen LogP contribution in [0.3, 0.4) is 0 Å². The number of halogens is 4. The SMILES string of the molecule is CC(C)n1nccc1C(=O)N[C@H](C(=O)Nc1ccc([C@H](C)C(=O)N2CCCC[C@@H]2C(F)(F)F)cc1F)C(C1CC1)C1CC1. The molecule has 1 aromatic heterocycles. The zero-order chi connectivity index (χ0) is 31.1. The first-order valence-electron chi connectivity index (χ1n) is 15.2. The Morgan fingerprint density at radius 2 is 1.65 bits per heavy atom. The maximum Gasteiger partial charge on any atom is 0.408 e. The highest BCUT2D eigenvalue weighted by Gasteiger charge is 2.49. The Balaban J connectivity index is 1.33. The normalized spacial score (nSPS) is 20.7. The molecule has 2 N–H and O–H groups in total. The zero-order valence-electron chi connectivity index (χ0n) is 24.7. The number of hydrogen-bond donors (Lipinski definition) is 2. The van der Waals surface area contributed by atoms with Crippen molar-refractivity contribution in [1.29, 1.82) is 0 Å². The Morgan fingerprint density at radius 1 is 0.977 bits per heavy atom. The van der Waals surface area contributed by atoms with Gasteiger partial charge in [0.15, 0.2) is 0 Å². The van der Waals surface area contributed by atoms with Gasteiger partial charge in [-0.15, -0.1) is 0 Å². The number of rotatable bonds is 10. The van der Waals surface area contributed by atoms with Crippen molar-refractivity contribution in [3.63, 3.8) is 0 Å². The van der Waals surface area contributed by atoms with Gasteiger partial charge in [0.1, 0.15) is 23.6 Å². The van der Waals surface area contributed by atoms with Gasteiger partial charge in [-0.2, -0.15) is 18.3 Å². The Kier molecular flexibility index (Phi) is 8.85. The second-order valence-corrected chi connectivity index (χ2v) is 12.5. The highest BCUT2D eigenvalue weighted by atomic mass is 19.4. The van der Waals surface area contributed by atoms with Crippen LogP contribution in [-0.4, -0.2) is 57.2 Å². The van der Waals surface area contributed by atoms with Gasteiger partial charge in [0.25, 0.3) is 5.91 Å². The summed E-state index contributed by atoms with van der Waals surface area (Å²) >= 11 is 0. The van der Waals surface area contributed by atoms with Gasteiger partial charge < -0.3 is 15.5 Å². The molecule has 3 aliphatic rings. The van der Waals surface area contributed by atoms with Crippen LogP contribution in [0.15, 0.2) is 30.5 Å². The zero-order valence-corrected chi connectivity index (χ0v) is 24.7. The molecule has 3 atom stereocenters. The second kappa shape index (κ2) is 12.3. The summed E-state index contributed by atoms with van der Waals surface area (Å²) in [6.07, 6.45) is 1.56. The van der Waals surface area contributed by atoms with Gasteiger partial charge in [-0.25, -0.2) is 4.39 Å². The number of piperidine rings is 1. The minimum absolute atomic E-state index is 0.00179. The highest BCUT2D eigenvalue weighted by molar-refractivity contribution is 6.01. The van der Waals surface area contributed by atoms with E-state index in [9.17, 15) is 27.6 Å². The number of benzene rings is 1. The van der Waals surface area contributed by atoms with Crippen LogP contribution in [0.25, 0.3) is 0 Å². The van der Waals surface area contributed by atoms with E-state index in [4.69, 9.17) is 0 Å². The number of nitrogens with zero attached hydrogens (tertiary/aromatic N) is 3. The summed E-state index contributed by atoms with van der Waals surface area (Å²) in [6, 6.07) is 2.63. The monoisotopic (exact) mass is 605 g/mol. The first-order chi connectivity index (χ1) is 20.4. The van der Waals surface area contributed by atoms with Gasteiger partial charge >= 0.3 is 6.18 Å². The molecule has 5 rings (SSSR count). The fourth-order valence-electron chi connectivity index (χ4n) is 6.39. The Labute approximate surface area is 248 Å². The molecular formula is C31H39F4N5O3. The quantitative estimate of drug-likeness (QED) is 0.334. The fourth-order valence-corrected chi connectivity index (χ4v) is 6.39. The number of amides is 3. The largest absolute Gasteiger partial charge is 0.408 e. The van der Waals surface area contributed by atoms with Crippen LogP contribution in [0.1, 0.15) is 93.7 Å². The lowest BCUT2D eigenvalue weighted by Crippen LogP contribution is -2.52. The molecule has 0 spiro atoms. The summed E-state index contributed by atoms with van der Waals surface area (Å²) in [7, 11) is 0. The van der Waals surface area contributed by atoms with E-state index in [-0.39, 0.29) is 36.2 Å². The maximum absolute atomic E-state index is 15.4. The van der Waals surface area contributed by atoms with Crippen LogP contribution in [0.5, 0.6) is 0 Å². The average molecular weight is 606 g/mol. The molecule has 12 heteroatoms. The molecule has 234 valence electrons. The van der Waals surface area contributed by atoms with Crippen LogP contribution in [-0.2, 0) is 9.59 Å². The molecule has 3 fully saturated rings. The summed E-state index contributed by atoms with van der Waals surface area (Å²) in [5.74, 6) is -2.98. The molecule has 2 aromatic rings. The number of aromatic nitrogens is 2. The predicted molar refractivity (Wildman–Crippen MR) is 152 cm³/mol. The van der Waals surface area contributed by atoms with Crippen LogP contribution < -0.4 is 10.6 Å². The lowest BCUT2D eigenvalue weighted by molar-refractivity contribution is -0.196. The van der Waals surface area contributed by atoms with Crippen molar-refractivity contribution in [2.75, 3.05) is 11.9 Å². The molecule has 0 unspecified atom stereocenters. The molecule has 1 aromatic carbocycles. The Bertz CT molecular complexity index is 1340. The number of alkyl halides is 3. The lowest BCUT2D eigenvalue weighted by Gasteiger charge is -2.38. The molecule has 2 saturated carbocycles. The molecule has 3 amide bonds. The Hall–Kier alpha value is -3.44. The molecule has 1 aliphatic heterocycles. The summed E-state index contributed by atoms with van der Waals surface area (Å²) in [5, 5.41) is 9.76. The molecule has 1 saturated heterocycles. The molecule has 2 heterocycles. The summed E-state index contributed by atoms with van der Waals surface area (Å²) in [4.78, 5) is 40.9. The summed E-state index contributed by atoms with van der Waals surface area (Å²) in [6.45, 7) is 5.25. The first kappa shape index (κ1) is 31.0. The van der Waals surface area contributed by atoms with E-state index >= 15 is 4.39 Å². The molecule has 43 heavy (non-hydrogen) atoms. The fraction of sp³-hybridized carbons (Fsp3) is 0.613. The van der Waals surface area contributed by atoms with E-state index in [1.165, 1.54) is 25.3 Å². The number of carbonyl (C=O) groups excluding carboxylic acids is 3. The van der Waals surface area contributed by atoms with Gasteiger partial charge in [-0.1, -0.05) is 6.07 Å². The van der Waals surface area contributed by atoms with Crippen molar-refractivity contribution in [3.8, 4) is 0 Å². The standard InChI is InChI=1S/C31H39F4N5O3/c1-17(2)40-24(13-14-36-40)28(41)38-27(26(19-7-8-19)20-9-10-20)29(42)37-23-12-11-21(16-22(23)32)18(3)30(43)39-15-5-4-6-25(39)31(33,34)35/h11-14,16-20,25-27H,4-10,15H2,1-3H3,(H,37,42)(H,38,41)/t18-,25+,27-/m0/s1. The van der Waals surface area contributed by atoms with E-state index in [2.05, 4.69) is 15.7 Å². The number of anilines is 1. The third-order valence-corrected chi connectivity index (χ3v) is 8.96. The van der Waals surface area contributed by atoms with Gasteiger partial charge in [0.2, 0.25) is 11.8 Å². The van der Waals surface area contributed by atoms with Crippen LogP contribution >= 0.6 is 0 Å². The van der Waals surface area contributed by atoms with Gasteiger partial charge in [0, 0.05) is 18.8 Å². The van der Waals surface area contributed by atoms with Crippen LogP contribution in [0, 0.1) is 23.6 Å². The van der Waals surface area contributed by atoms with Crippen molar-refractivity contribution in [3.05, 3.63) is 47.5 Å². The van der Waals surface area contributed by atoms with Crippen LogP contribution in [0.2, 0.25) is 0 Å². The molecule has 2 aliphatic carbocycles. The van der Waals surface area contributed by atoms with Crippen molar-refractivity contribution >= 4 is 23.4 Å². The first-order valence-corrected chi connectivity index (χ1v) is 15.2. The minimum Gasteiger partial charge on any atom is -0.339 e. The lowest BCUT2D eigenvalue weighted by atomic mass is 9.88. The number of nitrogens with one attached hydrogen (secondary N) is 2. The third-order valence-electron chi connectivity index (χ3n) is 8.96. The van der Waals surface area contributed by atoms with Crippen molar-refractivity contribution in [1.82, 2.24) is 20.0 Å². The summed E-state index contributed by atoms with van der Waals surface area (Å²) in [5.41, 5.74) is 0.415. The Morgan fingerprint density at radius 3 is 2.23 bits per heavy atom. The van der Waals surface area contributed by atoms with Crippen molar-refractivity contribution in [2.45, 2.75) is 95.9 Å². The minimum atomic E-state index is -4.53. The smallest absolute Gasteiger partial charge is 0.339 e. The van der Waals surface area contributed by atoms with Gasteiger partial charge in [-0.05, 0) is 107 Å². The predicted octanol–water partition coefficient (Wildman–Crippen LogP) is 5.82. The number of likely N-dealkylation sites (tertiary alicyclic amines) is 1.